The van der Waals surface area contributed by atoms with Crippen LogP contribution in [-0.4, -0.2) is 21.6 Å². The summed E-state index contributed by atoms with van der Waals surface area (Å²) in [4.78, 5) is 21.4. The van der Waals surface area contributed by atoms with Crippen LogP contribution >= 0.6 is 23.1 Å². The summed E-state index contributed by atoms with van der Waals surface area (Å²) in [5, 5.41) is 2.59. The van der Waals surface area contributed by atoms with Crippen LogP contribution in [0.3, 0.4) is 0 Å². The molecule has 0 unspecified atom stereocenters. The van der Waals surface area contributed by atoms with E-state index in [4.69, 9.17) is 4.74 Å². The van der Waals surface area contributed by atoms with Crippen molar-refractivity contribution in [2.45, 2.75) is 24.8 Å². The highest BCUT2D eigenvalue weighted by Gasteiger charge is 2.13. The lowest BCUT2D eigenvalue weighted by molar-refractivity contribution is 0.407. The number of hydrogen-bond donors (Lipinski definition) is 0. The molecule has 0 aliphatic rings. The van der Waals surface area contributed by atoms with E-state index in [2.05, 4.69) is 9.97 Å². The molecule has 0 fully saturated rings. The van der Waals surface area contributed by atoms with E-state index in [0.717, 1.165) is 28.1 Å². The third-order valence-corrected chi connectivity index (χ3v) is 5.67. The van der Waals surface area contributed by atoms with Gasteiger partial charge in [-0.3, -0.25) is 14.3 Å². The van der Waals surface area contributed by atoms with Crippen molar-refractivity contribution in [3.8, 4) is 5.75 Å². The van der Waals surface area contributed by atoms with E-state index in [1.165, 1.54) is 23.1 Å². The van der Waals surface area contributed by atoms with Crippen LogP contribution in [0, 0.1) is 13.8 Å². The van der Waals surface area contributed by atoms with Crippen LogP contribution in [-0.2, 0) is 12.8 Å². The predicted molar refractivity (Wildman–Crippen MR) is 94.7 cm³/mol. The van der Waals surface area contributed by atoms with Gasteiger partial charge < -0.3 is 4.74 Å². The van der Waals surface area contributed by atoms with Crippen LogP contribution in [0.25, 0.3) is 10.2 Å². The van der Waals surface area contributed by atoms with E-state index in [0.29, 0.717) is 15.6 Å². The smallest absolute Gasteiger partial charge is 0.271 e. The van der Waals surface area contributed by atoms with Crippen LogP contribution < -0.4 is 10.3 Å². The monoisotopic (exact) mass is 347 g/mol. The highest BCUT2D eigenvalue weighted by Crippen LogP contribution is 2.28. The van der Waals surface area contributed by atoms with Crippen LogP contribution in [0.4, 0.5) is 0 Å². The molecule has 0 amide bonds. The fourth-order valence-electron chi connectivity index (χ4n) is 2.45. The molecule has 0 radical (unpaired) electrons. The molecule has 0 saturated carbocycles. The molecule has 3 aromatic heterocycles. The Labute approximate surface area is 142 Å². The molecule has 120 valence electrons. The van der Waals surface area contributed by atoms with Gasteiger partial charge in [0.1, 0.15) is 10.4 Å². The average molecular weight is 347 g/mol. The Morgan fingerprint density at radius 3 is 2.91 bits per heavy atom. The summed E-state index contributed by atoms with van der Waals surface area (Å²) in [6.45, 7) is 3.98. The molecule has 0 spiro atoms. The maximum absolute atomic E-state index is 12.3. The second kappa shape index (κ2) is 6.33. The molecule has 3 rings (SSSR count). The maximum atomic E-state index is 12.3. The number of fused-ring (bicyclic) bond motifs is 1. The van der Waals surface area contributed by atoms with Crippen molar-refractivity contribution < 1.29 is 4.74 Å². The normalized spacial score (nSPS) is 11.1. The first-order valence-electron chi connectivity index (χ1n) is 7.09. The van der Waals surface area contributed by atoms with E-state index in [1.54, 1.807) is 18.7 Å². The predicted octanol–water partition coefficient (Wildman–Crippen LogP) is 3.31. The summed E-state index contributed by atoms with van der Waals surface area (Å²) < 4.78 is 7.74. The number of rotatable bonds is 4. The average Bonchev–Trinajstić information content (AvgIpc) is 3.00. The molecular formula is C16H17N3O2S2. The lowest BCUT2D eigenvalue weighted by Crippen LogP contribution is -2.18. The SMILES string of the molecule is COc1c(C)cnc(CSc2nc3ccsc3c(=O)n2C)c1C. The fourth-order valence-corrected chi connectivity index (χ4v) is 4.25. The number of pyridine rings is 1. The molecule has 0 bridgehead atoms. The third kappa shape index (κ3) is 2.86. The van der Waals surface area contributed by atoms with Crippen LogP contribution in [0.5, 0.6) is 5.75 Å². The van der Waals surface area contributed by atoms with E-state index in [1.807, 2.05) is 31.5 Å². The number of hydrogen-bond acceptors (Lipinski definition) is 6. The molecule has 0 aliphatic heterocycles. The van der Waals surface area contributed by atoms with Gasteiger partial charge in [-0.1, -0.05) is 11.8 Å². The van der Waals surface area contributed by atoms with Crippen molar-refractivity contribution in [3.63, 3.8) is 0 Å². The van der Waals surface area contributed by atoms with Crippen LogP contribution in [0.1, 0.15) is 16.8 Å². The number of thioether (sulfide) groups is 1. The van der Waals surface area contributed by atoms with E-state index < -0.39 is 0 Å². The topological polar surface area (TPSA) is 57.0 Å². The first-order chi connectivity index (χ1) is 11.0. The Kier molecular flexibility index (Phi) is 4.41. The fraction of sp³-hybridized carbons (Fsp3) is 0.312. The number of aromatic nitrogens is 3. The highest BCUT2D eigenvalue weighted by molar-refractivity contribution is 7.98. The van der Waals surface area contributed by atoms with Gasteiger partial charge >= 0.3 is 0 Å². The number of aryl methyl sites for hydroxylation is 1. The summed E-state index contributed by atoms with van der Waals surface area (Å²) in [6, 6.07) is 1.88. The van der Waals surface area contributed by atoms with Crippen molar-refractivity contribution in [3.05, 3.63) is 44.8 Å². The van der Waals surface area contributed by atoms with Crippen molar-refractivity contribution >= 4 is 33.3 Å². The molecule has 3 aromatic rings. The minimum Gasteiger partial charge on any atom is -0.496 e. The van der Waals surface area contributed by atoms with Crippen molar-refractivity contribution in [2.75, 3.05) is 7.11 Å². The van der Waals surface area contributed by atoms with Crippen LogP contribution in [0.15, 0.2) is 27.6 Å². The maximum Gasteiger partial charge on any atom is 0.271 e. The Morgan fingerprint density at radius 2 is 2.17 bits per heavy atom. The van der Waals surface area contributed by atoms with Gasteiger partial charge in [-0.05, 0) is 25.3 Å². The van der Waals surface area contributed by atoms with Gasteiger partial charge in [0.15, 0.2) is 5.16 Å². The third-order valence-electron chi connectivity index (χ3n) is 3.73. The van der Waals surface area contributed by atoms with Crippen molar-refractivity contribution in [1.82, 2.24) is 14.5 Å². The zero-order chi connectivity index (χ0) is 16.6. The zero-order valence-electron chi connectivity index (χ0n) is 13.4. The molecule has 0 aromatic carbocycles. The largest absolute Gasteiger partial charge is 0.496 e. The molecule has 3 heterocycles. The lowest BCUT2D eigenvalue weighted by atomic mass is 10.1. The van der Waals surface area contributed by atoms with Gasteiger partial charge in [0, 0.05) is 30.1 Å². The zero-order valence-corrected chi connectivity index (χ0v) is 15.0. The Hall–Kier alpha value is -1.86. The summed E-state index contributed by atoms with van der Waals surface area (Å²) >= 11 is 2.94. The van der Waals surface area contributed by atoms with Crippen molar-refractivity contribution in [2.24, 2.45) is 7.05 Å². The van der Waals surface area contributed by atoms with Gasteiger partial charge in [0.2, 0.25) is 0 Å². The number of nitrogens with zero attached hydrogens (tertiary/aromatic N) is 3. The first-order valence-corrected chi connectivity index (χ1v) is 8.95. The number of ether oxygens (including phenoxy) is 1. The van der Waals surface area contributed by atoms with Gasteiger partial charge in [0.25, 0.3) is 5.56 Å². The second-order valence-electron chi connectivity index (χ2n) is 5.23. The number of thiophene rings is 1. The Bertz CT molecular complexity index is 931. The Morgan fingerprint density at radius 1 is 1.39 bits per heavy atom. The van der Waals surface area contributed by atoms with Crippen LogP contribution in [0.2, 0.25) is 0 Å². The lowest BCUT2D eigenvalue weighted by Gasteiger charge is -2.12. The second-order valence-corrected chi connectivity index (χ2v) is 7.09. The molecule has 0 aliphatic carbocycles. The van der Waals surface area contributed by atoms with Crippen molar-refractivity contribution in [1.29, 1.82) is 0 Å². The molecular weight excluding hydrogens is 330 g/mol. The minimum atomic E-state index is -0.00123. The van der Waals surface area contributed by atoms with E-state index in [9.17, 15) is 4.79 Å². The molecule has 0 N–H and O–H groups in total. The summed E-state index contributed by atoms with van der Waals surface area (Å²) in [6.07, 6.45) is 1.82. The first kappa shape index (κ1) is 16.0. The molecule has 7 heteroatoms. The van der Waals surface area contributed by atoms with Gasteiger partial charge in [-0.15, -0.1) is 11.3 Å². The minimum absolute atomic E-state index is 0.00123. The summed E-state index contributed by atoms with van der Waals surface area (Å²) in [7, 11) is 3.43. The molecule has 0 saturated heterocycles. The van der Waals surface area contributed by atoms with Gasteiger partial charge in [-0.2, -0.15) is 0 Å². The molecule has 23 heavy (non-hydrogen) atoms. The van der Waals surface area contributed by atoms with E-state index in [-0.39, 0.29) is 5.56 Å². The van der Waals surface area contributed by atoms with E-state index >= 15 is 0 Å². The highest BCUT2D eigenvalue weighted by atomic mass is 32.2. The summed E-state index contributed by atoms with van der Waals surface area (Å²) in [5.74, 6) is 1.50. The quantitative estimate of drug-likeness (QED) is 0.535. The van der Waals surface area contributed by atoms with Gasteiger partial charge in [0.05, 0.1) is 18.3 Å². The standard InChI is InChI=1S/C16H17N3O2S2/c1-9-7-17-12(10(2)13(9)21-4)8-23-16-18-11-5-6-22-14(11)15(20)19(16)3/h5-7H,8H2,1-4H3. The Balaban J connectivity index is 1.92. The summed E-state index contributed by atoms with van der Waals surface area (Å²) in [5.41, 5.74) is 3.74. The molecule has 0 atom stereocenters. The number of methoxy groups -OCH3 is 1. The van der Waals surface area contributed by atoms with Gasteiger partial charge in [-0.25, -0.2) is 4.98 Å². The molecule has 5 nitrogen and oxygen atoms in total.